The normalized spacial score (nSPS) is 24.0. The molecule has 4 rings (SSSR count). The Labute approximate surface area is 167 Å². The van der Waals surface area contributed by atoms with Crippen molar-refractivity contribution in [2.75, 3.05) is 55.5 Å². The van der Waals surface area contributed by atoms with Crippen LogP contribution in [0.1, 0.15) is 12.8 Å². The third-order valence-electron chi connectivity index (χ3n) is 5.61. The molecule has 160 valence electrons. The summed E-state index contributed by atoms with van der Waals surface area (Å²) in [5.74, 6) is -1.52. The van der Waals surface area contributed by atoms with Crippen LogP contribution in [-0.4, -0.2) is 66.3 Å². The number of piperidine rings is 1. The maximum atomic E-state index is 14.8. The topological polar surface area (TPSA) is 85.4 Å². The van der Waals surface area contributed by atoms with Crippen molar-refractivity contribution in [1.82, 2.24) is 0 Å². The number of benzene rings is 1. The molecule has 0 saturated carbocycles. The summed E-state index contributed by atoms with van der Waals surface area (Å²) in [6, 6.07) is 2.19. The number of cyclic esters (lactones) is 1. The number of carbonyl (C=O) groups is 1. The first-order chi connectivity index (χ1) is 13.7. The lowest BCUT2D eigenvalue weighted by atomic mass is 9.77. The fourth-order valence-corrected chi connectivity index (χ4v) is 4.31. The van der Waals surface area contributed by atoms with Gasteiger partial charge in [-0.15, -0.1) is 0 Å². The largest absolute Gasteiger partial charge is 0.441 e. The molecule has 3 fully saturated rings. The Morgan fingerprint density at radius 3 is 2.34 bits per heavy atom. The molecule has 1 spiro atoms. The van der Waals surface area contributed by atoms with E-state index in [1.807, 2.05) is 0 Å². The van der Waals surface area contributed by atoms with E-state index in [1.165, 1.54) is 0 Å². The standard InChI is InChI=1S/C18H22F2N2O6S/c1-29(24,25)27-9-13-8-22(17(23)28-13)12-6-14(19)16(15(20)7-12)21-4-2-18(3-5-21)10-26-11-18/h6-7,13H,2-5,8-11H2,1H3/t13-/m1/s1. The van der Waals surface area contributed by atoms with Crippen LogP contribution in [0.15, 0.2) is 12.1 Å². The van der Waals surface area contributed by atoms with Crippen molar-refractivity contribution in [3.8, 4) is 0 Å². The molecule has 29 heavy (non-hydrogen) atoms. The van der Waals surface area contributed by atoms with Gasteiger partial charge in [0.1, 0.15) is 18.4 Å². The van der Waals surface area contributed by atoms with Gasteiger partial charge < -0.3 is 14.4 Å². The Bertz CT molecular complexity index is 888. The van der Waals surface area contributed by atoms with Crippen LogP contribution in [0.2, 0.25) is 0 Å². The molecule has 0 aromatic heterocycles. The Morgan fingerprint density at radius 2 is 1.83 bits per heavy atom. The average Bonchev–Trinajstić information content (AvgIpc) is 2.99. The fraction of sp³-hybridized carbons (Fsp3) is 0.611. The Morgan fingerprint density at radius 1 is 1.21 bits per heavy atom. The summed E-state index contributed by atoms with van der Waals surface area (Å²) in [4.78, 5) is 14.8. The van der Waals surface area contributed by atoms with E-state index in [9.17, 15) is 22.0 Å². The third kappa shape index (κ3) is 4.17. The number of ether oxygens (including phenoxy) is 2. The van der Waals surface area contributed by atoms with Crippen molar-refractivity contribution in [1.29, 1.82) is 0 Å². The molecule has 0 bridgehead atoms. The van der Waals surface area contributed by atoms with Crippen molar-refractivity contribution in [2.24, 2.45) is 5.41 Å². The monoisotopic (exact) mass is 432 g/mol. The van der Waals surface area contributed by atoms with E-state index in [2.05, 4.69) is 4.18 Å². The lowest BCUT2D eigenvalue weighted by Crippen LogP contribution is -2.51. The molecular formula is C18H22F2N2O6S. The summed E-state index contributed by atoms with van der Waals surface area (Å²) in [6.45, 7) is 2.04. The molecule has 3 heterocycles. The van der Waals surface area contributed by atoms with E-state index in [0.29, 0.717) is 26.3 Å². The molecule has 0 unspecified atom stereocenters. The number of rotatable bonds is 5. The first-order valence-electron chi connectivity index (χ1n) is 9.30. The first-order valence-corrected chi connectivity index (χ1v) is 11.1. The second-order valence-electron chi connectivity index (χ2n) is 7.84. The number of anilines is 2. The Balaban J connectivity index is 1.46. The van der Waals surface area contributed by atoms with Crippen molar-refractivity contribution >= 4 is 27.6 Å². The van der Waals surface area contributed by atoms with Crippen LogP contribution in [0, 0.1) is 17.0 Å². The van der Waals surface area contributed by atoms with E-state index in [0.717, 1.165) is 36.1 Å². The average molecular weight is 432 g/mol. The molecule has 3 aliphatic heterocycles. The number of hydrogen-bond donors (Lipinski definition) is 0. The van der Waals surface area contributed by atoms with Crippen LogP contribution < -0.4 is 9.80 Å². The van der Waals surface area contributed by atoms with Gasteiger partial charge in [-0.25, -0.2) is 13.6 Å². The van der Waals surface area contributed by atoms with Crippen LogP contribution in [0.5, 0.6) is 0 Å². The van der Waals surface area contributed by atoms with Crippen LogP contribution in [0.4, 0.5) is 25.0 Å². The highest BCUT2D eigenvalue weighted by Gasteiger charge is 2.42. The SMILES string of the molecule is CS(=O)(=O)OC[C@H]1CN(c2cc(F)c(N3CCC4(CC3)COC4)c(F)c2)C(=O)O1. The summed E-state index contributed by atoms with van der Waals surface area (Å²) in [5.41, 5.74) is 0.0519. The van der Waals surface area contributed by atoms with Gasteiger partial charge in [0.05, 0.1) is 31.7 Å². The minimum Gasteiger partial charge on any atom is -0.441 e. The lowest BCUT2D eigenvalue weighted by molar-refractivity contribution is -0.124. The molecule has 0 radical (unpaired) electrons. The van der Waals surface area contributed by atoms with Crippen molar-refractivity contribution in [2.45, 2.75) is 18.9 Å². The maximum absolute atomic E-state index is 14.8. The van der Waals surface area contributed by atoms with Gasteiger partial charge in [0.2, 0.25) is 0 Å². The molecule has 1 atom stereocenters. The molecule has 1 aromatic rings. The van der Waals surface area contributed by atoms with Gasteiger partial charge >= 0.3 is 6.09 Å². The maximum Gasteiger partial charge on any atom is 0.414 e. The van der Waals surface area contributed by atoms with Gasteiger partial charge in [-0.05, 0) is 12.8 Å². The minimum atomic E-state index is -3.69. The molecule has 0 N–H and O–H groups in total. The second-order valence-corrected chi connectivity index (χ2v) is 9.49. The van der Waals surface area contributed by atoms with E-state index < -0.39 is 33.9 Å². The predicted octanol–water partition coefficient (Wildman–Crippen LogP) is 1.88. The van der Waals surface area contributed by atoms with Crippen LogP contribution in [-0.2, 0) is 23.8 Å². The highest BCUT2D eigenvalue weighted by molar-refractivity contribution is 7.85. The highest BCUT2D eigenvalue weighted by atomic mass is 32.2. The quantitative estimate of drug-likeness (QED) is 0.657. The summed E-state index contributed by atoms with van der Waals surface area (Å²) in [5, 5.41) is 0. The van der Waals surface area contributed by atoms with E-state index in [-0.39, 0.29) is 29.9 Å². The van der Waals surface area contributed by atoms with Gasteiger partial charge in [0.25, 0.3) is 10.1 Å². The summed E-state index contributed by atoms with van der Waals surface area (Å²) >= 11 is 0. The second kappa shape index (κ2) is 7.37. The Kier molecular flexibility index (Phi) is 5.16. The zero-order valence-electron chi connectivity index (χ0n) is 15.9. The molecule has 0 aliphatic carbocycles. The number of amides is 1. The van der Waals surface area contributed by atoms with Crippen LogP contribution in [0.25, 0.3) is 0 Å². The molecular weight excluding hydrogens is 410 g/mol. The lowest BCUT2D eigenvalue weighted by Gasteiger charge is -2.47. The smallest absolute Gasteiger partial charge is 0.414 e. The van der Waals surface area contributed by atoms with Crippen molar-refractivity contribution in [3.63, 3.8) is 0 Å². The summed E-state index contributed by atoms with van der Waals surface area (Å²) in [7, 11) is -3.69. The van der Waals surface area contributed by atoms with Gasteiger partial charge in [-0.2, -0.15) is 8.42 Å². The first kappa shape index (κ1) is 20.3. The van der Waals surface area contributed by atoms with Gasteiger partial charge in [-0.1, -0.05) is 0 Å². The van der Waals surface area contributed by atoms with Crippen LogP contribution in [0.3, 0.4) is 0 Å². The predicted molar refractivity (Wildman–Crippen MR) is 99.5 cm³/mol. The number of nitrogens with zero attached hydrogens (tertiary/aromatic N) is 2. The fourth-order valence-electron chi connectivity index (χ4n) is 3.91. The number of carbonyl (C=O) groups excluding carboxylic acids is 1. The number of hydrogen-bond acceptors (Lipinski definition) is 7. The van der Waals surface area contributed by atoms with Crippen molar-refractivity contribution in [3.05, 3.63) is 23.8 Å². The van der Waals surface area contributed by atoms with Gasteiger partial charge in [0, 0.05) is 30.6 Å². The molecule has 3 aliphatic rings. The zero-order chi connectivity index (χ0) is 20.8. The zero-order valence-corrected chi connectivity index (χ0v) is 16.7. The van der Waals surface area contributed by atoms with E-state index in [1.54, 1.807) is 4.90 Å². The molecule has 3 saturated heterocycles. The minimum absolute atomic E-state index is 0.0106. The molecule has 11 heteroatoms. The van der Waals surface area contributed by atoms with Gasteiger partial charge in [-0.3, -0.25) is 9.08 Å². The third-order valence-corrected chi connectivity index (χ3v) is 6.18. The molecule has 1 aromatic carbocycles. The van der Waals surface area contributed by atoms with Crippen LogP contribution >= 0.6 is 0 Å². The highest BCUT2D eigenvalue weighted by Crippen LogP contribution is 2.41. The summed E-state index contributed by atoms with van der Waals surface area (Å²) < 4.78 is 66.6. The Hall–Kier alpha value is -1.98. The van der Waals surface area contributed by atoms with E-state index in [4.69, 9.17) is 9.47 Å². The van der Waals surface area contributed by atoms with Gasteiger partial charge in [0.15, 0.2) is 11.6 Å². The molecule has 1 amide bonds. The van der Waals surface area contributed by atoms with Crippen molar-refractivity contribution < 1.29 is 35.6 Å². The number of halogens is 2. The van der Waals surface area contributed by atoms with E-state index >= 15 is 0 Å². The summed E-state index contributed by atoms with van der Waals surface area (Å²) in [6.07, 6.45) is 0.836. The molecule has 8 nitrogen and oxygen atoms in total.